The monoisotopic (exact) mass is 265 g/mol. The van der Waals surface area contributed by atoms with Crippen LogP contribution in [0.25, 0.3) is 0 Å². The lowest BCUT2D eigenvalue weighted by Gasteiger charge is -2.32. The molecule has 1 aliphatic rings. The zero-order valence-electron chi connectivity index (χ0n) is 12.1. The lowest BCUT2D eigenvalue weighted by molar-refractivity contribution is 0.00578. The summed E-state index contributed by atoms with van der Waals surface area (Å²) in [4.78, 5) is 4.22. The van der Waals surface area contributed by atoms with Crippen LogP contribution in [0, 0.1) is 0 Å². The molecule has 0 bridgehead atoms. The molecule has 0 saturated carbocycles. The summed E-state index contributed by atoms with van der Waals surface area (Å²) in [6, 6.07) is 3.56. The SMILES string of the molecule is COc1nc(CO)ccc1B1OC(C)(C)C(C)(C)O1. The third-order valence-corrected chi connectivity index (χ3v) is 3.81. The van der Waals surface area contributed by atoms with Crippen LogP contribution in [0.5, 0.6) is 5.88 Å². The summed E-state index contributed by atoms with van der Waals surface area (Å²) in [6.07, 6.45) is 0. The molecular formula is C13H20BNO4. The zero-order valence-corrected chi connectivity index (χ0v) is 12.1. The number of hydrogen-bond donors (Lipinski definition) is 1. The van der Waals surface area contributed by atoms with E-state index in [1.54, 1.807) is 6.07 Å². The minimum absolute atomic E-state index is 0.125. The highest BCUT2D eigenvalue weighted by atomic mass is 16.7. The summed E-state index contributed by atoms with van der Waals surface area (Å²) in [7, 11) is 1.03. The van der Waals surface area contributed by atoms with Crippen LogP contribution in [0.4, 0.5) is 0 Å². The van der Waals surface area contributed by atoms with Crippen LogP contribution in [0.15, 0.2) is 12.1 Å². The zero-order chi connectivity index (χ0) is 14.3. The van der Waals surface area contributed by atoms with Crippen LogP contribution in [0.3, 0.4) is 0 Å². The van der Waals surface area contributed by atoms with E-state index < -0.39 is 18.3 Å². The van der Waals surface area contributed by atoms with E-state index in [0.29, 0.717) is 11.6 Å². The second-order valence-corrected chi connectivity index (χ2v) is 5.65. The lowest BCUT2D eigenvalue weighted by Crippen LogP contribution is -2.41. The standard InChI is InChI=1S/C13H20BNO4/c1-12(2)13(3,4)19-14(18-12)10-7-6-9(8-16)15-11(10)17-5/h6-7,16H,8H2,1-5H3. The Morgan fingerprint density at radius 3 is 2.26 bits per heavy atom. The highest BCUT2D eigenvalue weighted by molar-refractivity contribution is 6.63. The first-order valence-electron chi connectivity index (χ1n) is 6.31. The van der Waals surface area contributed by atoms with Crippen LogP contribution in [0.1, 0.15) is 33.4 Å². The molecule has 0 atom stereocenters. The van der Waals surface area contributed by atoms with Crippen molar-refractivity contribution in [3.05, 3.63) is 17.8 Å². The van der Waals surface area contributed by atoms with Gasteiger partial charge >= 0.3 is 7.12 Å². The summed E-state index contributed by atoms with van der Waals surface area (Å²) in [5.74, 6) is 0.421. The van der Waals surface area contributed by atoms with Crippen LogP contribution < -0.4 is 10.2 Å². The Kier molecular flexibility index (Phi) is 3.60. The fourth-order valence-electron chi connectivity index (χ4n) is 1.89. The molecule has 0 aliphatic carbocycles. The van der Waals surface area contributed by atoms with E-state index in [2.05, 4.69) is 4.98 Å². The van der Waals surface area contributed by atoms with Gasteiger partial charge in [-0.15, -0.1) is 0 Å². The fraction of sp³-hybridized carbons (Fsp3) is 0.615. The number of rotatable bonds is 3. The molecule has 0 amide bonds. The van der Waals surface area contributed by atoms with Gasteiger partial charge in [0.2, 0.25) is 5.88 Å². The number of nitrogens with zero attached hydrogens (tertiary/aromatic N) is 1. The summed E-state index contributed by atoms with van der Waals surface area (Å²) >= 11 is 0. The minimum Gasteiger partial charge on any atom is -0.481 e. The molecule has 1 aromatic rings. The molecule has 1 aliphatic heterocycles. The molecule has 0 unspecified atom stereocenters. The molecular weight excluding hydrogens is 245 g/mol. The Hall–Kier alpha value is -1.11. The van der Waals surface area contributed by atoms with Gasteiger partial charge in [-0.05, 0) is 33.8 Å². The molecule has 1 aromatic heterocycles. The van der Waals surface area contributed by atoms with Gasteiger partial charge in [-0.2, -0.15) is 0 Å². The Morgan fingerprint density at radius 1 is 1.21 bits per heavy atom. The topological polar surface area (TPSA) is 60.8 Å². The molecule has 19 heavy (non-hydrogen) atoms. The van der Waals surface area contributed by atoms with Crippen LogP contribution >= 0.6 is 0 Å². The number of aromatic nitrogens is 1. The third-order valence-electron chi connectivity index (χ3n) is 3.81. The van der Waals surface area contributed by atoms with Gasteiger partial charge in [0.1, 0.15) is 0 Å². The van der Waals surface area contributed by atoms with E-state index in [-0.39, 0.29) is 6.61 Å². The summed E-state index contributed by atoms with van der Waals surface area (Å²) in [5, 5.41) is 9.10. The number of hydrogen-bond acceptors (Lipinski definition) is 5. The van der Waals surface area contributed by atoms with Crippen molar-refractivity contribution in [2.75, 3.05) is 7.11 Å². The van der Waals surface area contributed by atoms with Gasteiger partial charge in [-0.1, -0.05) is 6.07 Å². The first-order chi connectivity index (χ1) is 8.80. The molecule has 2 rings (SSSR count). The average molecular weight is 265 g/mol. The average Bonchev–Trinajstić information content (AvgIpc) is 2.57. The normalized spacial score (nSPS) is 20.6. The maximum absolute atomic E-state index is 9.10. The molecule has 1 saturated heterocycles. The van der Waals surface area contributed by atoms with E-state index >= 15 is 0 Å². The lowest BCUT2D eigenvalue weighted by atomic mass is 9.79. The van der Waals surface area contributed by atoms with E-state index in [4.69, 9.17) is 19.2 Å². The smallest absolute Gasteiger partial charge is 0.481 e. The number of pyridine rings is 1. The van der Waals surface area contributed by atoms with Crippen molar-refractivity contribution in [2.24, 2.45) is 0 Å². The summed E-state index contributed by atoms with van der Waals surface area (Å²) in [6.45, 7) is 7.86. The van der Waals surface area contributed by atoms with Gasteiger partial charge in [0.15, 0.2) is 0 Å². The molecule has 6 heteroatoms. The molecule has 104 valence electrons. The minimum atomic E-state index is -0.514. The van der Waals surface area contributed by atoms with E-state index in [1.165, 1.54) is 7.11 Å². The highest BCUT2D eigenvalue weighted by Crippen LogP contribution is 2.37. The number of aliphatic hydroxyl groups is 1. The molecule has 5 nitrogen and oxygen atoms in total. The van der Waals surface area contributed by atoms with Crippen molar-refractivity contribution < 1.29 is 19.2 Å². The van der Waals surface area contributed by atoms with E-state index in [9.17, 15) is 0 Å². The molecule has 2 heterocycles. The molecule has 0 radical (unpaired) electrons. The Labute approximate surface area is 114 Å². The van der Waals surface area contributed by atoms with Gasteiger partial charge < -0.3 is 19.2 Å². The summed E-state index contributed by atoms with van der Waals surface area (Å²) < 4.78 is 17.2. The van der Waals surface area contributed by atoms with Gasteiger partial charge in [0, 0.05) is 5.46 Å². The first-order valence-corrected chi connectivity index (χ1v) is 6.31. The van der Waals surface area contributed by atoms with Crippen molar-refractivity contribution in [1.29, 1.82) is 0 Å². The predicted molar refractivity (Wildman–Crippen MR) is 72.4 cm³/mol. The molecule has 1 fully saturated rings. The van der Waals surface area contributed by atoms with Crippen LogP contribution in [-0.2, 0) is 15.9 Å². The Morgan fingerprint density at radius 2 is 1.79 bits per heavy atom. The largest absolute Gasteiger partial charge is 0.500 e. The Bertz CT molecular complexity index is 460. The third kappa shape index (κ3) is 2.48. The maximum atomic E-state index is 9.10. The first kappa shape index (κ1) is 14.3. The highest BCUT2D eigenvalue weighted by Gasteiger charge is 2.52. The van der Waals surface area contributed by atoms with Crippen LogP contribution in [-0.4, -0.2) is 35.5 Å². The van der Waals surface area contributed by atoms with Crippen molar-refractivity contribution in [3.63, 3.8) is 0 Å². The van der Waals surface area contributed by atoms with E-state index in [1.807, 2.05) is 33.8 Å². The molecule has 1 N–H and O–H groups in total. The molecule has 0 aromatic carbocycles. The second-order valence-electron chi connectivity index (χ2n) is 5.65. The van der Waals surface area contributed by atoms with Gasteiger partial charge in [0.25, 0.3) is 0 Å². The van der Waals surface area contributed by atoms with Gasteiger partial charge in [-0.25, -0.2) is 4.98 Å². The van der Waals surface area contributed by atoms with Gasteiger partial charge in [-0.3, -0.25) is 0 Å². The quantitative estimate of drug-likeness (QED) is 0.822. The van der Waals surface area contributed by atoms with Crippen molar-refractivity contribution in [3.8, 4) is 5.88 Å². The van der Waals surface area contributed by atoms with Crippen LogP contribution in [0.2, 0.25) is 0 Å². The number of methoxy groups -OCH3 is 1. The fourth-order valence-corrected chi connectivity index (χ4v) is 1.89. The van der Waals surface area contributed by atoms with Crippen molar-refractivity contribution in [2.45, 2.75) is 45.5 Å². The van der Waals surface area contributed by atoms with E-state index in [0.717, 1.165) is 5.46 Å². The number of aliphatic hydroxyl groups excluding tert-OH is 1. The maximum Gasteiger partial charge on any atom is 0.500 e. The van der Waals surface area contributed by atoms with Gasteiger partial charge in [0.05, 0.1) is 30.6 Å². The van der Waals surface area contributed by atoms with Crippen molar-refractivity contribution in [1.82, 2.24) is 4.98 Å². The van der Waals surface area contributed by atoms with Crippen molar-refractivity contribution >= 4 is 12.6 Å². The Balaban J connectivity index is 2.34. The summed E-state index contributed by atoms with van der Waals surface area (Å²) in [5.41, 5.74) is 0.479. The predicted octanol–water partition coefficient (Wildman–Crippen LogP) is 0.882. The molecule has 0 spiro atoms. The second kappa shape index (κ2) is 4.78. The number of ether oxygens (including phenoxy) is 1.